The van der Waals surface area contributed by atoms with E-state index in [1.165, 1.54) is 13.2 Å². The quantitative estimate of drug-likeness (QED) is 0.447. The number of aromatic nitrogens is 1. The summed E-state index contributed by atoms with van der Waals surface area (Å²) in [4.78, 5) is 41.8. The molecular formula is C22H35N3O5. The predicted octanol–water partition coefficient (Wildman–Crippen LogP) is 1.79. The van der Waals surface area contributed by atoms with Crippen molar-refractivity contribution >= 4 is 11.9 Å². The van der Waals surface area contributed by atoms with Gasteiger partial charge in [0, 0.05) is 50.8 Å². The Morgan fingerprint density at radius 3 is 2.60 bits per heavy atom. The standard InChI is InChI=1S/C22H35N3O5/c1-6-16(2)14-19(26)24-10-8-17-21(22(28)29-5)18(30-13-7-9-23(3)4)15-20(27)25(17)12-11-24/h15-16H,6-14H2,1-5H3. The lowest BCUT2D eigenvalue weighted by Crippen LogP contribution is -2.35. The highest BCUT2D eigenvalue weighted by molar-refractivity contribution is 5.93. The van der Waals surface area contributed by atoms with E-state index in [9.17, 15) is 14.4 Å². The van der Waals surface area contributed by atoms with E-state index >= 15 is 0 Å². The Bertz CT molecular complexity index is 803. The molecule has 0 fully saturated rings. The van der Waals surface area contributed by atoms with Gasteiger partial charge in [0.1, 0.15) is 11.3 Å². The van der Waals surface area contributed by atoms with Gasteiger partial charge in [0.15, 0.2) is 0 Å². The van der Waals surface area contributed by atoms with Crippen molar-refractivity contribution < 1.29 is 19.1 Å². The van der Waals surface area contributed by atoms with E-state index in [0.717, 1.165) is 19.4 Å². The highest BCUT2D eigenvalue weighted by atomic mass is 16.5. The third-order valence-corrected chi connectivity index (χ3v) is 5.56. The molecule has 1 aliphatic rings. The minimum atomic E-state index is -0.527. The summed E-state index contributed by atoms with van der Waals surface area (Å²) in [7, 11) is 5.27. The molecule has 0 bridgehead atoms. The SMILES string of the molecule is CCC(C)CC(=O)N1CCc2c(C(=O)OC)c(OCCCN(C)C)cc(=O)n2CC1. The minimum Gasteiger partial charge on any atom is -0.492 e. The van der Waals surface area contributed by atoms with Gasteiger partial charge in [-0.25, -0.2) is 4.79 Å². The summed E-state index contributed by atoms with van der Waals surface area (Å²) in [6, 6.07) is 1.36. The Balaban J connectivity index is 2.28. The number of hydrogen-bond donors (Lipinski definition) is 0. The number of carbonyl (C=O) groups is 2. The molecule has 0 aliphatic carbocycles. The van der Waals surface area contributed by atoms with Crippen molar-refractivity contribution in [3.8, 4) is 5.75 Å². The second-order valence-electron chi connectivity index (χ2n) is 8.17. The van der Waals surface area contributed by atoms with E-state index in [0.29, 0.717) is 50.7 Å². The molecule has 1 atom stereocenters. The second-order valence-corrected chi connectivity index (χ2v) is 8.17. The highest BCUT2D eigenvalue weighted by Crippen LogP contribution is 2.24. The molecule has 0 spiro atoms. The molecule has 30 heavy (non-hydrogen) atoms. The average Bonchev–Trinajstić information content (AvgIpc) is 2.94. The number of amides is 1. The number of esters is 1. The molecule has 0 radical (unpaired) electrons. The lowest BCUT2D eigenvalue weighted by Gasteiger charge is -2.21. The summed E-state index contributed by atoms with van der Waals surface area (Å²) in [5.74, 6) is 0.139. The fourth-order valence-corrected chi connectivity index (χ4v) is 3.57. The van der Waals surface area contributed by atoms with Crippen LogP contribution in [0.2, 0.25) is 0 Å². The molecule has 2 heterocycles. The first-order valence-corrected chi connectivity index (χ1v) is 10.7. The molecule has 0 saturated heterocycles. The van der Waals surface area contributed by atoms with Gasteiger partial charge in [0.25, 0.3) is 5.56 Å². The van der Waals surface area contributed by atoms with Gasteiger partial charge in [0.05, 0.1) is 13.7 Å². The van der Waals surface area contributed by atoms with Crippen molar-refractivity contribution in [3.63, 3.8) is 0 Å². The molecule has 1 aromatic heterocycles. The van der Waals surface area contributed by atoms with Gasteiger partial charge in [-0.15, -0.1) is 0 Å². The van der Waals surface area contributed by atoms with Crippen LogP contribution < -0.4 is 10.3 Å². The van der Waals surface area contributed by atoms with Crippen molar-refractivity contribution in [3.05, 3.63) is 27.7 Å². The predicted molar refractivity (Wildman–Crippen MR) is 115 cm³/mol. The maximum absolute atomic E-state index is 12.8. The average molecular weight is 422 g/mol. The van der Waals surface area contributed by atoms with E-state index in [-0.39, 0.29) is 22.8 Å². The first-order valence-electron chi connectivity index (χ1n) is 10.7. The molecule has 1 unspecified atom stereocenters. The van der Waals surface area contributed by atoms with Crippen LogP contribution in [0.15, 0.2) is 10.9 Å². The lowest BCUT2D eigenvalue weighted by atomic mass is 10.0. The molecule has 168 valence electrons. The molecule has 2 rings (SSSR count). The number of ether oxygens (including phenoxy) is 2. The number of hydrogen-bond acceptors (Lipinski definition) is 6. The molecule has 1 aliphatic heterocycles. The maximum Gasteiger partial charge on any atom is 0.343 e. The Morgan fingerprint density at radius 1 is 1.23 bits per heavy atom. The molecular weight excluding hydrogens is 386 g/mol. The largest absolute Gasteiger partial charge is 0.492 e. The van der Waals surface area contributed by atoms with Gasteiger partial charge >= 0.3 is 5.97 Å². The van der Waals surface area contributed by atoms with Crippen LogP contribution in [0.25, 0.3) is 0 Å². The first kappa shape index (κ1) is 23.9. The van der Waals surface area contributed by atoms with Crippen molar-refractivity contribution in [1.82, 2.24) is 14.4 Å². The van der Waals surface area contributed by atoms with Crippen LogP contribution >= 0.6 is 0 Å². The first-order chi connectivity index (χ1) is 14.3. The van der Waals surface area contributed by atoms with Gasteiger partial charge in [-0.05, 0) is 26.4 Å². The summed E-state index contributed by atoms with van der Waals surface area (Å²) in [5.41, 5.74) is 0.644. The smallest absolute Gasteiger partial charge is 0.343 e. The van der Waals surface area contributed by atoms with Crippen LogP contribution in [-0.4, -0.2) is 73.7 Å². The second kappa shape index (κ2) is 11.2. The molecule has 8 nitrogen and oxygen atoms in total. The summed E-state index contributed by atoms with van der Waals surface area (Å²) < 4.78 is 12.4. The van der Waals surface area contributed by atoms with E-state index < -0.39 is 5.97 Å². The highest BCUT2D eigenvalue weighted by Gasteiger charge is 2.27. The molecule has 0 N–H and O–H groups in total. The summed E-state index contributed by atoms with van der Waals surface area (Å²) in [6.07, 6.45) is 2.61. The Kier molecular flexibility index (Phi) is 8.89. The molecule has 1 aromatic rings. The maximum atomic E-state index is 12.8. The van der Waals surface area contributed by atoms with Crippen LogP contribution in [0.1, 0.15) is 49.2 Å². The molecule has 8 heteroatoms. The van der Waals surface area contributed by atoms with E-state index in [2.05, 4.69) is 13.8 Å². The molecule has 1 amide bonds. The Morgan fingerprint density at radius 2 is 1.97 bits per heavy atom. The summed E-state index contributed by atoms with van der Waals surface area (Å²) in [6.45, 7) is 6.62. The summed E-state index contributed by atoms with van der Waals surface area (Å²) in [5, 5.41) is 0. The van der Waals surface area contributed by atoms with Crippen LogP contribution in [0.3, 0.4) is 0 Å². The van der Waals surface area contributed by atoms with Crippen molar-refractivity contribution in [1.29, 1.82) is 0 Å². The van der Waals surface area contributed by atoms with Crippen LogP contribution in [0, 0.1) is 5.92 Å². The zero-order chi connectivity index (χ0) is 22.3. The number of fused-ring (bicyclic) bond motifs is 1. The van der Waals surface area contributed by atoms with Crippen molar-refractivity contribution in [2.45, 2.75) is 46.1 Å². The number of carbonyl (C=O) groups excluding carboxylic acids is 2. The van der Waals surface area contributed by atoms with Gasteiger partial charge < -0.3 is 23.8 Å². The Hall–Kier alpha value is -2.35. The minimum absolute atomic E-state index is 0.0879. The van der Waals surface area contributed by atoms with Crippen LogP contribution in [0.4, 0.5) is 0 Å². The number of nitrogens with zero attached hydrogens (tertiary/aromatic N) is 3. The lowest BCUT2D eigenvalue weighted by molar-refractivity contribution is -0.132. The summed E-state index contributed by atoms with van der Waals surface area (Å²) >= 11 is 0. The van der Waals surface area contributed by atoms with Gasteiger partial charge in [-0.2, -0.15) is 0 Å². The van der Waals surface area contributed by atoms with E-state index in [1.807, 2.05) is 19.0 Å². The van der Waals surface area contributed by atoms with Crippen LogP contribution in [-0.2, 0) is 22.5 Å². The number of methoxy groups -OCH3 is 1. The van der Waals surface area contributed by atoms with Crippen LogP contribution in [0.5, 0.6) is 5.75 Å². The van der Waals surface area contributed by atoms with Crippen molar-refractivity contribution in [2.24, 2.45) is 5.92 Å². The molecule has 0 saturated carbocycles. The fourth-order valence-electron chi connectivity index (χ4n) is 3.57. The number of rotatable bonds is 9. The van der Waals surface area contributed by atoms with E-state index in [4.69, 9.17) is 9.47 Å². The van der Waals surface area contributed by atoms with Crippen molar-refractivity contribution in [2.75, 3.05) is 47.4 Å². The third-order valence-electron chi connectivity index (χ3n) is 5.56. The zero-order valence-electron chi connectivity index (χ0n) is 18.9. The number of pyridine rings is 1. The van der Waals surface area contributed by atoms with Gasteiger partial charge in [-0.1, -0.05) is 20.3 Å². The third kappa shape index (κ3) is 6.08. The fraction of sp³-hybridized carbons (Fsp3) is 0.682. The Labute approximate surface area is 178 Å². The topological polar surface area (TPSA) is 81.1 Å². The van der Waals surface area contributed by atoms with Gasteiger partial charge in [0.2, 0.25) is 5.91 Å². The normalized spacial score (nSPS) is 14.8. The zero-order valence-corrected chi connectivity index (χ0v) is 18.9. The molecule has 0 aromatic carbocycles. The van der Waals surface area contributed by atoms with Gasteiger partial charge in [-0.3, -0.25) is 9.59 Å². The van der Waals surface area contributed by atoms with E-state index in [1.54, 1.807) is 9.47 Å². The monoisotopic (exact) mass is 421 g/mol.